The molecule has 1 fully saturated rings. The molecule has 0 unspecified atom stereocenters. The highest BCUT2D eigenvalue weighted by molar-refractivity contribution is 7.99. The van der Waals surface area contributed by atoms with Gasteiger partial charge in [0.05, 0.1) is 30.3 Å². The normalized spacial score (nSPS) is 12.8. The number of nitrogens with one attached hydrogen (secondary N) is 2. The van der Waals surface area contributed by atoms with E-state index in [0.717, 1.165) is 18.4 Å². The van der Waals surface area contributed by atoms with Gasteiger partial charge in [0, 0.05) is 17.3 Å². The number of carbonyl (C=O) groups excluding carboxylic acids is 2. The van der Waals surface area contributed by atoms with Crippen LogP contribution in [0.4, 0.5) is 5.69 Å². The Morgan fingerprint density at radius 2 is 1.76 bits per heavy atom. The number of anilines is 1. The molecule has 0 radical (unpaired) electrons. The summed E-state index contributed by atoms with van der Waals surface area (Å²) in [4.78, 5) is 43.0. The highest BCUT2D eigenvalue weighted by Gasteiger charge is 2.23. The van der Waals surface area contributed by atoms with Gasteiger partial charge in [-0.1, -0.05) is 36.0 Å². The average Bonchev–Trinajstić information content (AvgIpc) is 3.74. The predicted molar refractivity (Wildman–Crippen MR) is 144 cm³/mol. The van der Waals surface area contributed by atoms with Crippen molar-refractivity contribution in [2.75, 3.05) is 18.2 Å². The van der Waals surface area contributed by atoms with E-state index >= 15 is 0 Å². The van der Waals surface area contributed by atoms with Crippen LogP contribution < -0.4 is 20.9 Å². The fourth-order valence-electron chi connectivity index (χ4n) is 3.84. The van der Waals surface area contributed by atoms with E-state index in [1.54, 1.807) is 66.3 Å². The summed E-state index contributed by atoms with van der Waals surface area (Å²) in [5, 5.41) is 6.78. The maximum atomic E-state index is 13.4. The maximum absolute atomic E-state index is 13.4. The Morgan fingerprint density at radius 1 is 1.03 bits per heavy atom. The molecule has 0 atom stereocenters. The molecule has 3 aromatic carbocycles. The monoisotopic (exact) mass is 514 g/mol. The van der Waals surface area contributed by atoms with E-state index < -0.39 is 0 Å². The Bertz CT molecular complexity index is 1500. The average molecular weight is 515 g/mol. The molecule has 1 aliphatic carbocycles. The van der Waals surface area contributed by atoms with E-state index in [2.05, 4.69) is 15.6 Å². The zero-order chi connectivity index (χ0) is 25.8. The second kappa shape index (κ2) is 10.9. The minimum Gasteiger partial charge on any atom is -0.497 e. The van der Waals surface area contributed by atoms with Crippen LogP contribution >= 0.6 is 11.8 Å². The fourth-order valence-corrected chi connectivity index (χ4v) is 4.64. The molecule has 2 N–H and O–H groups in total. The fraction of sp³-hybridized carbons (Fsp3) is 0.214. The van der Waals surface area contributed by atoms with Crippen molar-refractivity contribution >= 4 is 40.2 Å². The first-order valence-corrected chi connectivity index (χ1v) is 12.9. The topological polar surface area (TPSA) is 102 Å². The van der Waals surface area contributed by atoms with Crippen LogP contribution in [-0.4, -0.2) is 40.3 Å². The number of rotatable bonds is 9. The van der Waals surface area contributed by atoms with Crippen molar-refractivity contribution in [2.45, 2.75) is 30.6 Å². The lowest BCUT2D eigenvalue weighted by Gasteiger charge is -2.14. The summed E-state index contributed by atoms with van der Waals surface area (Å²) >= 11 is 1.20. The summed E-state index contributed by atoms with van der Waals surface area (Å²) < 4.78 is 6.72. The Hall–Kier alpha value is -4.11. The van der Waals surface area contributed by atoms with Gasteiger partial charge in [0.25, 0.3) is 11.5 Å². The number of carbonyl (C=O) groups is 2. The molecule has 188 valence electrons. The maximum Gasteiger partial charge on any atom is 0.262 e. The number of para-hydroxylation sites is 1. The molecule has 1 heterocycles. The summed E-state index contributed by atoms with van der Waals surface area (Å²) in [6, 6.07) is 21.7. The molecular weight excluding hydrogens is 488 g/mol. The molecule has 9 heteroatoms. The molecular formula is C28H26N4O4S. The largest absolute Gasteiger partial charge is 0.497 e. The minimum atomic E-state index is -0.213. The van der Waals surface area contributed by atoms with E-state index in [1.165, 1.54) is 11.8 Å². The van der Waals surface area contributed by atoms with Crippen molar-refractivity contribution in [3.63, 3.8) is 0 Å². The van der Waals surface area contributed by atoms with Crippen LogP contribution in [0.5, 0.6) is 5.75 Å². The van der Waals surface area contributed by atoms with Crippen LogP contribution in [0.2, 0.25) is 0 Å². The lowest BCUT2D eigenvalue weighted by Crippen LogP contribution is -2.26. The number of hydrogen-bond acceptors (Lipinski definition) is 6. The van der Waals surface area contributed by atoms with Gasteiger partial charge in [-0.15, -0.1) is 0 Å². The number of amides is 2. The minimum absolute atomic E-state index is 0.0804. The first kappa shape index (κ1) is 24.6. The van der Waals surface area contributed by atoms with Gasteiger partial charge in [-0.3, -0.25) is 19.0 Å². The highest BCUT2D eigenvalue weighted by Crippen LogP contribution is 2.22. The van der Waals surface area contributed by atoms with Gasteiger partial charge in [-0.05, 0) is 66.9 Å². The van der Waals surface area contributed by atoms with Crippen molar-refractivity contribution in [3.8, 4) is 5.75 Å². The Morgan fingerprint density at radius 3 is 2.46 bits per heavy atom. The van der Waals surface area contributed by atoms with Crippen LogP contribution in [0.15, 0.2) is 82.7 Å². The van der Waals surface area contributed by atoms with E-state index in [1.807, 2.05) is 18.2 Å². The van der Waals surface area contributed by atoms with Crippen LogP contribution in [0.1, 0.15) is 28.8 Å². The Kier molecular flexibility index (Phi) is 7.23. The summed E-state index contributed by atoms with van der Waals surface area (Å²) in [7, 11) is 1.58. The lowest BCUT2D eigenvalue weighted by molar-refractivity contribution is -0.113. The van der Waals surface area contributed by atoms with Crippen LogP contribution in [0.25, 0.3) is 10.9 Å². The molecule has 0 spiro atoms. The Labute approximate surface area is 218 Å². The van der Waals surface area contributed by atoms with Crippen molar-refractivity contribution in [2.24, 2.45) is 0 Å². The third-order valence-electron chi connectivity index (χ3n) is 6.00. The van der Waals surface area contributed by atoms with Gasteiger partial charge in [0.1, 0.15) is 5.75 Å². The molecule has 2 amide bonds. The quantitative estimate of drug-likeness (QED) is 0.258. The van der Waals surface area contributed by atoms with Gasteiger partial charge in [0.15, 0.2) is 5.16 Å². The van der Waals surface area contributed by atoms with E-state index in [-0.39, 0.29) is 35.7 Å². The molecule has 1 saturated carbocycles. The second-order valence-corrected chi connectivity index (χ2v) is 9.76. The summed E-state index contributed by atoms with van der Waals surface area (Å²) in [6.45, 7) is 0.267. The number of benzene rings is 3. The van der Waals surface area contributed by atoms with Crippen molar-refractivity contribution in [3.05, 3.63) is 94.3 Å². The predicted octanol–water partition coefficient (Wildman–Crippen LogP) is 4.08. The first-order chi connectivity index (χ1) is 18.0. The number of ether oxygens (including phenoxy) is 1. The molecule has 5 rings (SSSR count). The number of fused-ring (bicyclic) bond motifs is 1. The van der Waals surface area contributed by atoms with Crippen molar-refractivity contribution < 1.29 is 14.3 Å². The van der Waals surface area contributed by atoms with E-state index in [4.69, 9.17) is 4.74 Å². The summed E-state index contributed by atoms with van der Waals surface area (Å²) in [5.74, 6) is 0.484. The summed E-state index contributed by atoms with van der Waals surface area (Å²) in [6.07, 6.45) is 2.06. The zero-order valence-electron chi connectivity index (χ0n) is 20.3. The third kappa shape index (κ3) is 6.00. The third-order valence-corrected chi connectivity index (χ3v) is 6.98. The molecule has 1 aliphatic rings. The highest BCUT2D eigenvalue weighted by atomic mass is 32.2. The van der Waals surface area contributed by atoms with Crippen molar-refractivity contribution in [1.29, 1.82) is 0 Å². The van der Waals surface area contributed by atoms with E-state index in [9.17, 15) is 14.4 Å². The molecule has 0 saturated heterocycles. The van der Waals surface area contributed by atoms with Crippen molar-refractivity contribution in [1.82, 2.24) is 14.9 Å². The number of nitrogens with zero attached hydrogens (tertiary/aromatic N) is 2. The van der Waals surface area contributed by atoms with Gasteiger partial charge >= 0.3 is 0 Å². The van der Waals surface area contributed by atoms with Crippen LogP contribution in [0.3, 0.4) is 0 Å². The molecule has 37 heavy (non-hydrogen) atoms. The molecule has 1 aromatic heterocycles. The SMILES string of the molecule is COc1ccc(NC(=O)CSc2nc3ccccc3c(=O)n2Cc2ccc(C(=O)NC3CC3)cc2)cc1. The van der Waals surface area contributed by atoms with Crippen LogP contribution in [0, 0.1) is 0 Å². The van der Waals surface area contributed by atoms with E-state index in [0.29, 0.717) is 33.1 Å². The smallest absolute Gasteiger partial charge is 0.262 e. The summed E-state index contributed by atoms with van der Waals surface area (Å²) in [5.41, 5.74) is 2.49. The molecule has 0 aliphatic heterocycles. The van der Waals surface area contributed by atoms with Gasteiger partial charge < -0.3 is 15.4 Å². The second-order valence-electron chi connectivity index (χ2n) is 8.81. The van der Waals surface area contributed by atoms with Gasteiger partial charge in [-0.25, -0.2) is 4.98 Å². The lowest BCUT2D eigenvalue weighted by atomic mass is 10.1. The van der Waals surface area contributed by atoms with Crippen LogP contribution in [-0.2, 0) is 11.3 Å². The van der Waals surface area contributed by atoms with Gasteiger partial charge in [0.2, 0.25) is 5.91 Å². The standard InChI is InChI=1S/C28H26N4O4S/c1-36-22-14-12-20(13-15-22)29-25(33)17-37-28-31-24-5-3-2-4-23(24)27(35)32(28)16-18-6-8-19(9-7-18)26(34)30-21-10-11-21/h2-9,12-15,21H,10-11,16-17H2,1H3,(H,29,33)(H,30,34). The zero-order valence-corrected chi connectivity index (χ0v) is 21.1. The number of hydrogen-bond donors (Lipinski definition) is 2. The first-order valence-electron chi connectivity index (χ1n) is 12.0. The molecule has 0 bridgehead atoms. The molecule has 8 nitrogen and oxygen atoms in total. The van der Waals surface area contributed by atoms with Gasteiger partial charge in [-0.2, -0.15) is 0 Å². The molecule has 4 aromatic rings. The number of methoxy groups -OCH3 is 1. The number of thioether (sulfide) groups is 1. The Balaban J connectivity index is 1.34. The number of aromatic nitrogens is 2.